The minimum absolute atomic E-state index is 0.0117. The summed E-state index contributed by atoms with van der Waals surface area (Å²) in [4.78, 5) is 52.1. The van der Waals surface area contributed by atoms with Gasteiger partial charge in [0.15, 0.2) is 0 Å². The predicted molar refractivity (Wildman–Crippen MR) is 148 cm³/mol. The van der Waals surface area contributed by atoms with Gasteiger partial charge in [0, 0.05) is 35.7 Å². The van der Waals surface area contributed by atoms with Gasteiger partial charge in [0.2, 0.25) is 11.8 Å². The highest BCUT2D eigenvalue weighted by Crippen LogP contribution is 2.18. The average Bonchev–Trinajstić information content (AvgIpc) is 3.32. The molecule has 0 fully saturated rings. The molecule has 39 heavy (non-hydrogen) atoms. The van der Waals surface area contributed by atoms with Crippen LogP contribution in [0.2, 0.25) is 0 Å². The van der Waals surface area contributed by atoms with E-state index < -0.39 is 41.9 Å². The zero-order valence-electron chi connectivity index (χ0n) is 21.1. The number of carbonyl (C=O) groups is 4. The van der Waals surface area contributed by atoms with Gasteiger partial charge in [-0.1, -0.05) is 30.3 Å². The van der Waals surface area contributed by atoms with Crippen molar-refractivity contribution in [1.82, 2.24) is 20.9 Å². The van der Waals surface area contributed by atoms with E-state index in [-0.39, 0.29) is 30.8 Å². The van der Waals surface area contributed by atoms with Crippen LogP contribution in [-0.2, 0) is 32.0 Å². The zero-order chi connectivity index (χ0) is 28.4. The third-order valence-electron chi connectivity index (χ3n) is 6.23. The first-order chi connectivity index (χ1) is 18.7. The number of aromatic amines is 1. The smallest absolute Gasteiger partial charge is 0.327 e. The fraction of sp³-hybridized carbons (Fsp3) is 0.333. The largest absolute Gasteiger partial charge is 0.508 e. The molecule has 2 aromatic carbocycles. The van der Waals surface area contributed by atoms with E-state index in [0.29, 0.717) is 18.5 Å². The number of fused-ring (bicyclic) bond motifs is 1. The molecular formula is C27H32N4O7S. The highest BCUT2D eigenvalue weighted by molar-refractivity contribution is 7.80. The Kier molecular flexibility index (Phi) is 10.8. The number of hydrogen-bond donors (Lipinski definition) is 8. The van der Waals surface area contributed by atoms with Crippen molar-refractivity contribution in [3.8, 4) is 5.75 Å². The van der Waals surface area contributed by atoms with E-state index >= 15 is 0 Å². The molecule has 3 atom stereocenters. The lowest BCUT2D eigenvalue weighted by molar-refractivity contribution is -0.141. The second-order valence-corrected chi connectivity index (χ2v) is 9.43. The Morgan fingerprint density at radius 2 is 1.56 bits per heavy atom. The Balaban J connectivity index is 1.73. The first-order valence-electron chi connectivity index (χ1n) is 12.4. The van der Waals surface area contributed by atoms with Crippen LogP contribution in [0.4, 0.5) is 0 Å². The number of para-hydroxylation sites is 1. The standard InChI is InChI=1S/C27H32N4O7S/c32-18-7-5-16(6-8-18)13-22(26(36)31-23(15-39)27(37)38)30-25(35)21(9-10-24(33)34)28-12-11-17-14-29-20-4-2-1-3-19(17)20/h1-8,14,21-23,28-29,32,39H,9-13,15H2,(H,30,35)(H,31,36)(H,33,34)(H,37,38)/t21-,22-,23-/m0/s1. The number of nitrogens with one attached hydrogen (secondary N) is 4. The lowest BCUT2D eigenvalue weighted by atomic mass is 10.0. The number of aromatic hydroxyl groups is 1. The van der Waals surface area contributed by atoms with Crippen molar-refractivity contribution in [2.45, 2.75) is 43.8 Å². The number of phenols is 1. The number of amides is 2. The molecule has 0 saturated carbocycles. The van der Waals surface area contributed by atoms with Gasteiger partial charge in [-0.2, -0.15) is 12.6 Å². The molecule has 0 bridgehead atoms. The van der Waals surface area contributed by atoms with Crippen molar-refractivity contribution in [3.63, 3.8) is 0 Å². The molecule has 0 spiro atoms. The molecule has 0 aliphatic carbocycles. The van der Waals surface area contributed by atoms with E-state index in [9.17, 15) is 34.5 Å². The third kappa shape index (κ3) is 8.76. The van der Waals surface area contributed by atoms with Crippen molar-refractivity contribution >= 4 is 47.3 Å². The minimum Gasteiger partial charge on any atom is -0.508 e. The number of thiol groups is 1. The lowest BCUT2D eigenvalue weighted by Crippen LogP contribution is -2.56. The summed E-state index contributed by atoms with van der Waals surface area (Å²) >= 11 is 3.97. The number of carboxylic acid groups (broad SMARTS) is 2. The SMILES string of the molecule is O=C(O)CC[C@H](NCCc1c[nH]c2ccccc12)C(=O)N[C@@H](Cc1ccc(O)cc1)C(=O)N[C@@H](CS)C(=O)O. The molecule has 1 aromatic heterocycles. The second-order valence-electron chi connectivity index (χ2n) is 9.06. The van der Waals surface area contributed by atoms with Gasteiger partial charge in [-0.25, -0.2) is 4.79 Å². The molecule has 0 saturated heterocycles. The van der Waals surface area contributed by atoms with Crippen LogP contribution in [0.5, 0.6) is 5.75 Å². The number of phenolic OH excluding ortho intramolecular Hbond substituents is 1. The topological polar surface area (TPSA) is 181 Å². The Labute approximate surface area is 230 Å². The van der Waals surface area contributed by atoms with Crippen LogP contribution >= 0.6 is 12.6 Å². The Morgan fingerprint density at radius 3 is 2.23 bits per heavy atom. The number of rotatable bonds is 15. The number of hydrogen-bond acceptors (Lipinski definition) is 7. The number of H-pyrrole nitrogens is 1. The highest BCUT2D eigenvalue weighted by atomic mass is 32.1. The van der Waals surface area contributed by atoms with E-state index in [4.69, 9.17) is 0 Å². The molecule has 0 radical (unpaired) electrons. The van der Waals surface area contributed by atoms with Gasteiger partial charge in [0.1, 0.15) is 17.8 Å². The minimum atomic E-state index is -1.27. The number of aliphatic carboxylic acids is 2. The van der Waals surface area contributed by atoms with Gasteiger partial charge in [0.25, 0.3) is 0 Å². The number of carbonyl (C=O) groups excluding carboxylic acids is 2. The van der Waals surface area contributed by atoms with Crippen molar-refractivity contribution in [2.75, 3.05) is 12.3 Å². The van der Waals surface area contributed by atoms with Gasteiger partial charge in [-0.15, -0.1) is 0 Å². The third-order valence-corrected chi connectivity index (χ3v) is 6.59. The summed E-state index contributed by atoms with van der Waals surface area (Å²) in [5.41, 5.74) is 2.63. The fourth-order valence-corrected chi connectivity index (χ4v) is 4.37. The predicted octanol–water partition coefficient (Wildman–Crippen LogP) is 1.47. The van der Waals surface area contributed by atoms with Crippen LogP contribution in [-0.4, -0.2) is 74.5 Å². The monoisotopic (exact) mass is 556 g/mol. The van der Waals surface area contributed by atoms with E-state index in [1.807, 2.05) is 30.5 Å². The maximum atomic E-state index is 13.3. The molecule has 2 amide bonds. The van der Waals surface area contributed by atoms with Crippen molar-refractivity contribution < 1.29 is 34.5 Å². The zero-order valence-corrected chi connectivity index (χ0v) is 22.0. The van der Waals surface area contributed by atoms with Crippen LogP contribution in [0.3, 0.4) is 0 Å². The molecule has 208 valence electrons. The van der Waals surface area contributed by atoms with Gasteiger partial charge in [0.05, 0.1) is 6.04 Å². The van der Waals surface area contributed by atoms with Gasteiger partial charge in [-0.05, 0) is 48.7 Å². The molecular weight excluding hydrogens is 524 g/mol. The molecule has 3 rings (SSSR count). The summed E-state index contributed by atoms with van der Waals surface area (Å²) in [7, 11) is 0. The summed E-state index contributed by atoms with van der Waals surface area (Å²) in [6.07, 6.45) is 2.18. The molecule has 0 aliphatic rings. The quantitative estimate of drug-likeness (QED) is 0.130. The summed E-state index contributed by atoms with van der Waals surface area (Å²) in [6, 6.07) is 10.5. The van der Waals surface area contributed by atoms with Gasteiger partial charge in [-0.3, -0.25) is 14.4 Å². The van der Waals surface area contributed by atoms with E-state index in [0.717, 1.165) is 16.5 Å². The Morgan fingerprint density at radius 1 is 0.897 bits per heavy atom. The number of carboxylic acids is 2. The van der Waals surface area contributed by atoms with Crippen LogP contribution in [0, 0.1) is 0 Å². The first kappa shape index (κ1) is 29.5. The maximum Gasteiger partial charge on any atom is 0.327 e. The second kappa shape index (κ2) is 14.2. The van der Waals surface area contributed by atoms with Crippen molar-refractivity contribution in [1.29, 1.82) is 0 Å². The summed E-state index contributed by atoms with van der Waals surface area (Å²) in [6.45, 7) is 0.370. The summed E-state index contributed by atoms with van der Waals surface area (Å²) < 4.78 is 0. The average molecular weight is 557 g/mol. The molecule has 7 N–H and O–H groups in total. The van der Waals surface area contributed by atoms with Gasteiger partial charge < -0.3 is 36.3 Å². The highest BCUT2D eigenvalue weighted by Gasteiger charge is 2.29. The van der Waals surface area contributed by atoms with E-state index in [1.165, 1.54) is 12.1 Å². The number of aromatic nitrogens is 1. The number of benzene rings is 2. The maximum absolute atomic E-state index is 13.3. The molecule has 1 heterocycles. The van der Waals surface area contributed by atoms with E-state index in [1.54, 1.807) is 12.1 Å². The van der Waals surface area contributed by atoms with E-state index in [2.05, 4.69) is 33.6 Å². The Bertz CT molecular complexity index is 1290. The van der Waals surface area contributed by atoms with Crippen LogP contribution in [0.1, 0.15) is 24.0 Å². The molecule has 0 aliphatic heterocycles. The first-order valence-corrected chi connectivity index (χ1v) is 13.0. The Hall–Kier alpha value is -4.03. The lowest BCUT2D eigenvalue weighted by Gasteiger charge is -2.24. The molecule has 11 nitrogen and oxygen atoms in total. The van der Waals surface area contributed by atoms with Crippen molar-refractivity contribution in [2.24, 2.45) is 0 Å². The molecule has 12 heteroatoms. The van der Waals surface area contributed by atoms with Crippen molar-refractivity contribution in [3.05, 3.63) is 65.9 Å². The summed E-state index contributed by atoms with van der Waals surface area (Å²) in [5, 5.41) is 37.2. The summed E-state index contributed by atoms with van der Waals surface area (Å²) in [5.74, 6) is -3.79. The van der Waals surface area contributed by atoms with Crippen LogP contribution in [0.25, 0.3) is 10.9 Å². The molecule has 3 aromatic rings. The van der Waals surface area contributed by atoms with Crippen LogP contribution in [0.15, 0.2) is 54.7 Å². The molecule has 0 unspecified atom stereocenters. The van der Waals surface area contributed by atoms with Gasteiger partial charge >= 0.3 is 11.9 Å². The normalized spacial score (nSPS) is 13.4. The fourth-order valence-electron chi connectivity index (χ4n) is 4.12. The van der Waals surface area contributed by atoms with Crippen LogP contribution < -0.4 is 16.0 Å².